The predicted molar refractivity (Wildman–Crippen MR) is 158 cm³/mol. The highest BCUT2D eigenvalue weighted by Gasteiger charge is 2.65. The van der Waals surface area contributed by atoms with Crippen molar-refractivity contribution in [1.29, 1.82) is 0 Å². The maximum absolute atomic E-state index is 15.9. The number of carbonyl (C=O) groups excluding carboxylic acids is 2. The molecule has 2 N–H and O–H groups in total. The summed E-state index contributed by atoms with van der Waals surface area (Å²) in [5.41, 5.74) is -0.133. The van der Waals surface area contributed by atoms with Crippen molar-refractivity contribution in [3.63, 3.8) is 0 Å². The number of anilines is 1. The lowest BCUT2D eigenvalue weighted by Gasteiger charge is -2.38. The molecular weight excluding hydrogens is 590 g/mol. The number of halogens is 3. The van der Waals surface area contributed by atoms with E-state index in [1.165, 1.54) is 16.6 Å². The number of likely N-dealkylation sites (tertiary alicyclic amines) is 1. The van der Waals surface area contributed by atoms with Crippen LogP contribution < -0.4 is 10.6 Å². The minimum absolute atomic E-state index is 0.0971. The van der Waals surface area contributed by atoms with Gasteiger partial charge in [-0.25, -0.2) is 21.9 Å². The molecule has 2 fully saturated rings. The lowest BCUT2D eigenvalue weighted by molar-refractivity contribution is -0.123. The Morgan fingerprint density at radius 3 is 2.49 bits per heavy atom. The summed E-state index contributed by atoms with van der Waals surface area (Å²) in [6.45, 7) is 7.01. The smallest absolute Gasteiger partial charge is 0.318 e. The summed E-state index contributed by atoms with van der Waals surface area (Å²) in [4.78, 5) is 29.8. The van der Waals surface area contributed by atoms with Crippen molar-refractivity contribution in [3.8, 4) is 0 Å². The molecule has 2 aromatic rings. The van der Waals surface area contributed by atoms with Crippen molar-refractivity contribution in [2.75, 3.05) is 31.2 Å². The first-order chi connectivity index (χ1) is 19.1. The number of hydrogen-bond donors (Lipinski definition) is 2. The Bertz CT molecular complexity index is 1490. The molecule has 1 spiro atoms. The number of benzene rings is 2. The Morgan fingerprint density at radius 2 is 1.85 bits per heavy atom. The van der Waals surface area contributed by atoms with Crippen LogP contribution in [0.25, 0.3) is 0 Å². The van der Waals surface area contributed by atoms with Crippen LogP contribution >= 0.6 is 23.2 Å². The number of nitrogens with zero attached hydrogens (tertiary/aromatic N) is 2. The number of hydrogen-bond acceptors (Lipinski definition) is 4. The molecule has 0 saturated carbocycles. The molecule has 0 aromatic heterocycles. The van der Waals surface area contributed by atoms with Crippen LogP contribution in [0, 0.1) is 17.2 Å². The number of nitrogens with one attached hydrogen (secondary N) is 2. The van der Waals surface area contributed by atoms with E-state index in [2.05, 4.69) is 31.4 Å². The molecule has 2 aromatic carbocycles. The predicted octanol–water partition coefficient (Wildman–Crippen LogP) is 5.57. The molecule has 3 aliphatic heterocycles. The normalized spacial score (nSPS) is 25.4. The average molecular weight is 626 g/mol. The zero-order chi connectivity index (χ0) is 29.9. The maximum Gasteiger partial charge on any atom is 0.318 e. The number of rotatable bonds is 4. The Morgan fingerprint density at radius 1 is 1.17 bits per heavy atom. The number of piperidine rings is 1. The van der Waals surface area contributed by atoms with Crippen molar-refractivity contribution in [2.45, 2.75) is 57.5 Å². The van der Waals surface area contributed by atoms with Gasteiger partial charge in [-0.05, 0) is 54.4 Å². The zero-order valence-corrected chi connectivity index (χ0v) is 25.8. The molecule has 3 atom stereocenters. The lowest BCUT2D eigenvalue weighted by Crippen LogP contribution is -2.51. The van der Waals surface area contributed by atoms with Crippen molar-refractivity contribution in [3.05, 3.63) is 63.4 Å². The van der Waals surface area contributed by atoms with Gasteiger partial charge in [0.2, 0.25) is 15.9 Å². The van der Waals surface area contributed by atoms with E-state index >= 15 is 4.39 Å². The summed E-state index contributed by atoms with van der Waals surface area (Å²) < 4.78 is 41.2. The van der Waals surface area contributed by atoms with Gasteiger partial charge < -0.3 is 15.5 Å². The van der Waals surface area contributed by atoms with Gasteiger partial charge in [0.15, 0.2) is 0 Å². The van der Waals surface area contributed by atoms with Gasteiger partial charge >= 0.3 is 6.03 Å². The Kier molecular flexibility index (Phi) is 7.85. The first-order valence-electron chi connectivity index (χ1n) is 13.7. The molecule has 0 bridgehead atoms. The van der Waals surface area contributed by atoms with Gasteiger partial charge in [-0.3, -0.25) is 4.79 Å². The zero-order valence-electron chi connectivity index (χ0n) is 23.5. The number of sulfonamides is 1. The van der Waals surface area contributed by atoms with Gasteiger partial charge in [0, 0.05) is 41.9 Å². The Balaban J connectivity index is 1.60. The van der Waals surface area contributed by atoms with Gasteiger partial charge in [0.1, 0.15) is 11.2 Å². The fourth-order valence-electron chi connectivity index (χ4n) is 6.86. The van der Waals surface area contributed by atoms with Crippen LogP contribution in [0.2, 0.25) is 10.0 Å². The molecule has 3 amide bonds. The molecular formula is C29H35Cl2FN4O4S. The van der Waals surface area contributed by atoms with Crippen molar-refractivity contribution >= 4 is 50.9 Å². The largest absolute Gasteiger partial charge is 0.335 e. The maximum atomic E-state index is 15.9. The second kappa shape index (κ2) is 10.7. The highest BCUT2D eigenvalue weighted by molar-refractivity contribution is 7.88. The molecule has 3 heterocycles. The average Bonchev–Trinajstić information content (AvgIpc) is 3.34. The highest BCUT2D eigenvalue weighted by atomic mass is 35.5. The molecule has 12 heteroatoms. The van der Waals surface area contributed by atoms with E-state index in [0.29, 0.717) is 48.6 Å². The van der Waals surface area contributed by atoms with Crippen LogP contribution in [0.15, 0.2) is 36.4 Å². The van der Waals surface area contributed by atoms with Gasteiger partial charge in [-0.2, -0.15) is 0 Å². The summed E-state index contributed by atoms with van der Waals surface area (Å²) in [5.74, 6) is -1.35. The molecule has 222 valence electrons. The van der Waals surface area contributed by atoms with Gasteiger partial charge in [-0.15, -0.1) is 0 Å². The molecule has 41 heavy (non-hydrogen) atoms. The monoisotopic (exact) mass is 624 g/mol. The van der Waals surface area contributed by atoms with Crippen molar-refractivity contribution in [1.82, 2.24) is 14.5 Å². The second-order valence-corrected chi connectivity index (χ2v) is 15.4. The number of fused-ring (bicyclic) bond motifs is 2. The van der Waals surface area contributed by atoms with E-state index in [-0.39, 0.29) is 40.4 Å². The molecule has 3 aliphatic rings. The Labute approximate surface area is 250 Å². The third-order valence-electron chi connectivity index (χ3n) is 8.50. The fourth-order valence-corrected chi connectivity index (χ4v) is 8.09. The van der Waals surface area contributed by atoms with Crippen LogP contribution in [0.3, 0.4) is 0 Å². The summed E-state index contributed by atoms with van der Waals surface area (Å²) in [6, 6.07) is 8.13. The molecule has 2 saturated heterocycles. The van der Waals surface area contributed by atoms with Gasteiger partial charge in [0.05, 0.1) is 17.3 Å². The molecule has 0 aliphatic carbocycles. The molecule has 8 nitrogen and oxygen atoms in total. The third kappa shape index (κ3) is 5.44. The molecule has 3 unspecified atom stereocenters. The van der Waals surface area contributed by atoms with E-state index in [9.17, 15) is 18.0 Å². The van der Waals surface area contributed by atoms with E-state index in [4.69, 9.17) is 23.2 Å². The third-order valence-corrected chi connectivity index (χ3v) is 10.3. The van der Waals surface area contributed by atoms with Crippen LogP contribution in [-0.4, -0.2) is 61.5 Å². The van der Waals surface area contributed by atoms with Gasteiger partial charge in [0.25, 0.3) is 0 Å². The van der Waals surface area contributed by atoms with E-state index in [1.807, 2.05) is 0 Å². The first kappa shape index (κ1) is 30.1. The second-order valence-electron chi connectivity index (χ2n) is 12.6. The quantitative estimate of drug-likeness (QED) is 0.465. The summed E-state index contributed by atoms with van der Waals surface area (Å²) >= 11 is 12.5. The van der Waals surface area contributed by atoms with E-state index in [0.717, 1.165) is 0 Å². The fraction of sp³-hybridized carbons (Fsp3) is 0.517. The lowest BCUT2D eigenvalue weighted by atomic mass is 9.63. The topological polar surface area (TPSA) is 98.8 Å². The standard InChI is InChI=1S/C29H35Cl2FN4O4S/c1-28(2,3)15-17-16-36(27(38)33-19-10-12-35(13-11-19)41(4,39)40)25(20-6-5-7-22(31)24(20)32)29(17)21-9-8-18(30)14-23(21)34-26(29)37/h5-9,14,17,19,25H,10-13,15-16H2,1-4H3,(H,33,38)(H,34,37). The summed E-state index contributed by atoms with van der Waals surface area (Å²) in [5, 5.41) is 6.40. The first-order valence-corrected chi connectivity index (χ1v) is 16.3. The van der Waals surface area contributed by atoms with Crippen LogP contribution in [0.1, 0.15) is 57.2 Å². The number of amides is 3. The van der Waals surface area contributed by atoms with Gasteiger partial charge in [-0.1, -0.05) is 62.2 Å². The highest BCUT2D eigenvalue weighted by Crippen LogP contribution is 2.60. The van der Waals surface area contributed by atoms with E-state index < -0.39 is 33.3 Å². The SMILES string of the molecule is CC(C)(C)CC1CN(C(=O)NC2CCN(S(C)(=O)=O)CC2)C(c2cccc(Cl)c2F)C12C(=O)Nc1cc(Cl)ccc12. The van der Waals surface area contributed by atoms with E-state index in [1.54, 1.807) is 35.2 Å². The van der Waals surface area contributed by atoms with Crippen LogP contribution in [0.4, 0.5) is 14.9 Å². The summed E-state index contributed by atoms with van der Waals surface area (Å²) in [7, 11) is -3.32. The van der Waals surface area contributed by atoms with Crippen molar-refractivity contribution < 1.29 is 22.4 Å². The summed E-state index contributed by atoms with van der Waals surface area (Å²) in [6.07, 6.45) is 2.65. The Hall–Kier alpha value is -2.40. The minimum Gasteiger partial charge on any atom is -0.335 e. The number of urea groups is 1. The van der Waals surface area contributed by atoms with Crippen LogP contribution in [-0.2, 0) is 20.2 Å². The van der Waals surface area contributed by atoms with Crippen LogP contribution in [0.5, 0.6) is 0 Å². The molecule has 5 rings (SSSR count). The van der Waals surface area contributed by atoms with Crippen molar-refractivity contribution in [2.24, 2.45) is 11.3 Å². The number of carbonyl (C=O) groups is 2. The molecule has 0 radical (unpaired) electrons. The minimum atomic E-state index is -3.32.